The Kier molecular flexibility index (Phi) is 5.02. The van der Waals surface area contributed by atoms with Crippen LogP contribution in [0.1, 0.15) is 40.5 Å². The molecule has 1 heterocycles. The van der Waals surface area contributed by atoms with Crippen LogP contribution in [0.25, 0.3) is 17.0 Å². The fraction of sp³-hybridized carbons (Fsp3) is 0.208. The molecule has 2 aromatic carbocycles. The number of aryl methyl sites for hydroxylation is 2. The summed E-state index contributed by atoms with van der Waals surface area (Å²) in [6.07, 6.45) is 5.28. The van der Waals surface area contributed by atoms with E-state index in [1.165, 1.54) is 17.2 Å². The molecule has 1 aliphatic rings. The third-order valence-corrected chi connectivity index (χ3v) is 5.06. The second kappa shape index (κ2) is 7.77. The Morgan fingerprint density at radius 1 is 1.04 bits per heavy atom. The summed E-state index contributed by atoms with van der Waals surface area (Å²) >= 11 is 0. The molecule has 4 heteroatoms. The highest BCUT2D eigenvalue weighted by atomic mass is 16.5. The first-order chi connectivity index (χ1) is 13.6. The van der Waals surface area contributed by atoms with Crippen molar-refractivity contribution < 1.29 is 14.3 Å². The molecule has 28 heavy (non-hydrogen) atoms. The number of aromatic nitrogens is 1. The lowest BCUT2D eigenvalue weighted by molar-refractivity contribution is -0.140. The van der Waals surface area contributed by atoms with E-state index >= 15 is 0 Å². The van der Waals surface area contributed by atoms with Crippen LogP contribution < -0.4 is 0 Å². The Hall–Kier alpha value is -3.27. The van der Waals surface area contributed by atoms with Crippen molar-refractivity contribution in [1.29, 1.82) is 0 Å². The molecule has 0 bridgehead atoms. The van der Waals surface area contributed by atoms with Crippen molar-refractivity contribution in [3.63, 3.8) is 0 Å². The number of carbonyl (C=O) groups is 2. The molecule has 4 rings (SSSR count). The van der Waals surface area contributed by atoms with Gasteiger partial charge in [0.25, 0.3) is 0 Å². The third kappa shape index (κ3) is 3.86. The molecule has 0 radical (unpaired) electrons. The minimum atomic E-state index is -0.832. The van der Waals surface area contributed by atoms with Gasteiger partial charge in [0.1, 0.15) is 0 Å². The highest BCUT2D eigenvalue weighted by Crippen LogP contribution is 2.23. The number of hydrogen-bond donors (Lipinski definition) is 0. The van der Waals surface area contributed by atoms with Gasteiger partial charge in [0.05, 0.1) is 11.2 Å². The van der Waals surface area contributed by atoms with Crippen molar-refractivity contribution in [3.8, 4) is 0 Å². The van der Waals surface area contributed by atoms with Gasteiger partial charge in [0, 0.05) is 17.0 Å². The summed E-state index contributed by atoms with van der Waals surface area (Å²) in [6, 6.07) is 17.3. The second-order valence-corrected chi connectivity index (χ2v) is 7.04. The van der Waals surface area contributed by atoms with Crippen LogP contribution in [0, 0.1) is 0 Å². The number of rotatable bonds is 5. The Balaban J connectivity index is 1.40. The fourth-order valence-corrected chi connectivity index (χ4v) is 3.55. The van der Waals surface area contributed by atoms with Crippen LogP contribution in [0.15, 0.2) is 60.7 Å². The largest absolute Gasteiger partial charge is 0.451 e. The van der Waals surface area contributed by atoms with Crippen LogP contribution in [0.5, 0.6) is 0 Å². The number of esters is 1. The van der Waals surface area contributed by atoms with E-state index in [0.29, 0.717) is 11.3 Å². The van der Waals surface area contributed by atoms with E-state index in [4.69, 9.17) is 4.74 Å². The summed E-state index contributed by atoms with van der Waals surface area (Å²) < 4.78 is 5.29. The molecule has 0 aliphatic heterocycles. The molecule has 1 unspecified atom stereocenters. The zero-order chi connectivity index (χ0) is 19.5. The Morgan fingerprint density at radius 3 is 2.75 bits per heavy atom. The number of para-hydroxylation sites is 1. The number of Topliss-reactive ketones (excluding diaryl/α,β-unsaturated/α-hetero) is 1. The average Bonchev–Trinajstić information content (AvgIpc) is 3.19. The zero-order valence-corrected chi connectivity index (χ0v) is 15.7. The molecule has 0 saturated heterocycles. The monoisotopic (exact) mass is 371 g/mol. The van der Waals surface area contributed by atoms with Gasteiger partial charge in [0.15, 0.2) is 6.10 Å². The lowest BCUT2D eigenvalue weighted by Crippen LogP contribution is -2.23. The van der Waals surface area contributed by atoms with E-state index < -0.39 is 12.1 Å². The Morgan fingerprint density at radius 2 is 1.86 bits per heavy atom. The Labute approximate surface area is 163 Å². The highest BCUT2D eigenvalue weighted by Gasteiger charge is 2.20. The van der Waals surface area contributed by atoms with Crippen LogP contribution in [0.4, 0.5) is 0 Å². The number of fused-ring (bicyclic) bond motifs is 2. The van der Waals surface area contributed by atoms with Crippen molar-refractivity contribution in [2.75, 3.05) is 0 Å². The molecular formula is C24H21NO3. The molecule has 0 spiro atoms. The van der Waals surface area contributed by atoms with Gasteiger partial charge in [-0.2, -0.15) is 0 Å². The van der Waals surface area contributed by atoms with Gasteiger partial charge in [-0.15, -0.1) is 0 Å². The predicted octanol–water partition coefficient (Wildman–Crippen LogP) is 4.55. The average molecular weight is 371 g/mol. The molecule has 3 aromatic rings. The van der Waals surface area contributed by atoms with Crippen molar-refractivity contribution in [1.82, 2.24) is 4.98 Å². The molecular weight excluding hydrogens is 350 g/mol. The van der Waals surface area contributed by atoms with Crippen LogP contribution >= 0.6 is 0 Å². The van der Waals surface area contributed by atoms with Crippen LogP contribution in [-0.4, -0.2) is 22.8 Å². The summed E-state index contributed by atoms with van der Waals surface area (Å²) in [4.78, 5) is 29.2. The topological polar surface area (TPSA) is 56.3 Å². The molecule has 1 aromatic heterocycles. The summed E-state index contributed by atoms with van der Waals surface area (Å²) in [5, 5.41) is 1.04. The zero-order valence-electron chi connectivity index (χ0n) is 15.7. The minimum absolute atomic E-state index is 0.180. The van der Waals surface area contributed by atoms with E-state index in [0.717, 1.165) is 30.2 Å². The molecule has 0 N–H and O–H groups in total. The van der Waals surface area contributed by atoms with Gasteiger partial charge in [-0.1, -0.05) is 36.4 Å². The number of ketones is 1. The third-order valence-electron chi connectivity index (χ3n) is 5.06. The van der Waals surface area contributed by atoms with Gasteiger partial charge in [-0.3, -0.25) is 4.79 Å². The summed E-state index contributed by atoms with van der Waals surface area (Å²) in [5.41, 5.74) is 4.66. The maximum absolute atomic E-state index is 12.6. The highest BCUT2D eigenvalue weighted by molar-refractivity contribution is 6.01. The normalized spacial score (nSPS) is 14.2. The summed E-state index contributed by atoms with van der Waals surface area (Å²) in [6.45, 7) is 1.61. The first kappa shape index (κ1) is 18.1. The Bertz CT molecular complexity index is 1080. The van der Waals surface area contributed by atoms with Gasteiger partial charge >= 0.3 is 5.97 Å². The van der Waals surface area contributed by atoms with Gasteiger partial charge in [-0.25, -0.2) is 9.78 Å². The van der Waals surface area contributed by atoms with Crippen LogP contribution in [0.3, 0.4) is 0 Å². The molecule has 0 fully saturated rings. The maximum atomic E-state index is 12.6. The predicted molar refractivity (Wildman–Crippen MR) is 109 cm³/mol. The molecule has 140 valence electrons. The van der Waals surface area contributed by atoms with Crippen LogP contribution in [-0.2, 0) is 22.4 Å². The smallest absolute Gasteiger partial charge is 0.331 e. The SMILES string of the molecule is CC(OC(=O)/C=C/c1ccc2ccccc2n1)C(=O)c1ccc2c(c1)CCC2. The van der Waals surface area contributed by atoms with E-state index in [9.17, 15) is 9.59 Å². The van der Waals surface area contributed by atoms with Crippen molar-refractivity contribution >= 4 is 28.7 Å². The van der Waals surface area contributed by atoms with Gasteiger partial charge in [0.2, 0.25) is 5.78 Å². The van der Waals surface area contributed by atoms with Crippen molar-refractivity contribution in [2.45, 2.75) is 32.3 Å². The molecule has 0 saturated carbocycles. The first-order valence-corrected chi connectivity index (χ1v) is 9.51. The maximum Gasteiger partial charge on any atom is 0.331 e. The van der Waals surface area contributed by atoms with E-state index in [1.807, 2.05) is 54.6 Å². The first-order valence-electron chi connectivity index (χ1n) is 9.51. The van der Waals surface area contributed by atoms with E-state index in [-0.39, 0.29) is 5.78 Å². The van der Waals surface area contributed by atoms with E-state index in [2.05, 4.69) is 4.98 Å². The molecule has 1 aliphatic carbocycles. The number of nitrogens with zero attached hydrogens (tertiary/aromatic N) is 1. The number of ether oxygens (including phenoxy) is 1. The summed E-state index contributed by atoms with van der Waals surface area (Å²) in [7, 11) is 0. The van der Waals surface area contributed by atoms with E-state index in [1.54, 1.807) is 13.0 Å². The van der Waals surface area contributed by atoms with Gasteiger partial charge < -0.3 is 4.74 Å². The molecule has 1 atom stereocenters. The lowest BCUT2D eigenvalue weighted by atomic mass is 10.0. The second-order valence-electron chi connectivity index (χ2n) is 7.04. The quantitative estimate of drug-likeness (QED) is 0.375. The molecule has 0 amide bonds. The summed E-state index contributed by atoms with van der Waals surface area (Å²) in [5.74, 6) is -0.739. The van der Waals surface area contributed by atoms with Crippen molar-refractivity contribution in [2.24, 2.45) is 0 Å². The minimum Gasteiger partial charge on any atom is -0.451 e. The lowest BCUT2D eigenvalue weighted by Gasteiger charge is -2.12. The number of carbonyl (C=O) groups excluding carboxylic acids is 2. The van der Waals surface area contributed by atoms with Crippen LogP contribution in [0.2, 0.25) is 0 Å². The number of pyridine rings is 1. The standard InChI is InChI=1S/C24H21NO3/c1-16(24(27)20-10-9-17-6-4-7-19(17)15-20)28-23(26)14-13-21-12-11-18-5-2-3-8-22(18)25-21/h2-3,5,8-16H,4,6-7H2,1H3/b14-13+. The van der Waals surface area contributed by atoms with Crippen molar-refractivity contribution in [3.05, 3.63) is 83.1 Å². The number of hydrogen-bond acceptors (Lipinski definition) is 4. The number of benzene rings is 2. The van der Waals surface area contributed by atoms with Gasteiger partial charge in [-0.05, 0) is 61.6 Å². The molecule has 4 nitrogen and oxygen atoms in total. The fourth-order valence-electron chi connectivity index (χ4n) is 3.55.